The summed E-state index contributed by atoms with van der Waals surface area (Å²) in [4.78, 5) is 5.48. The molecule has 0 unspecified atom stereocenters. The lowest BCUT2D eigenvalue weighted by Crippen LogP contribution is -1.82. The van der Waals surface area contributed by atoms with Crippen LogP contribution in [0.2, 0.25) is 0 Å². The van der Waals surface area contributed by atoms with Crippen molar-refractivity contribution in [1.82, 2.24) is 10.1 Å². The molecule has 0 aliphatic rings. The number of halogens is 1. The highest BCUT2D eigenvalue weighted by molar-refractivity contribution is 7.15. The van der Waals surface area contributed by atoms with E-state index < -0.39 is 0 Å². The molecule has 19 heavy (non-hydrogen) atoms. The van der Waals surface area contributed by atoms with Crippen LogP contribution in [0.5, 0.6) is 0 Å². The van der Waals surface area contributed by atoms with Crippen molar-refractivity contribution >= 4 is 11.3 Å². The third kappa shape index (κ3) is 2.23. The topological polar surface area (TPSA) is 62.7 Å². The SMILES string of the molecule is N#Cc1ccc(-c2nc(-c3cccc(F)c3)no2)s1. The van der Waals surface area contributed by atoms with E-state index >= 15 is 0 Å². The number of hydrogen-bond acceptors (Lipinski definition) is 5. The highest BCUT2D eigenvalue weighted by atomic mass is 32.1. The van der Waals surface area contributed by atoms with Gasteiger partial charge in [-0.1, -0.05) is 17.3 Å². The molecule has 2 aromatic heterocycles. The van der Waals surface area contributed by atoms with E-state index in [4.69, 9.17) is 9.78 Å². The van der Waals surface area contributed by atoms with Gasteiger partial charge in [0, 0.05) is 5.56 Å². The normalized spacial score (nSPS) is 10.3. The Morgan fingerprint density at radius 1 is 1.26 bits per heavy atom. The molecule has 0 fully saturated rings. The van der Waals surface area contributed by atoms with Gasteiger partial charge in [0.2, 0.25) is 5.82 Å². The molecule has 0 saturated carbocycles. The summed E-state index contributed by atoms with van der Waals surface area (Å²) in [7, 11) is 0. The van der Waals surface area contributed by atoms with E-state index in [1.54, 1.807) is 24.3 Å². The maximum atomic E-state index is 13.1. The van der Waals surface area contributed by atoms with Crippen LogP contribution >= 0.6 is 11.3 Å². The van der Waals surface area contributed by atoms with Crippen LogP contribution in [0.1, 0.15) is 4.88 Å². The van der Waals surface area contributed by atoms with Gasteiger partial charge in [-0.15, -0.1) is 11.3 Å². The van der Waals surface area contributed by atoms with Crippen LogP contribution in [0.4, 0.5) is 4.39 Å². The first-order chi connectivity index (χ1) is 9.26. The summed E-state index contributed by atoms with van der Waals surface area (Å²) in [6, 6.07) is 11.4. The monoisotopic (exact) mass is 271 g/mol. The lowest BCUT2D eigenvalue weighted by Gasteiger charge is -1.92. The molecule has 6 heteroatoms. The first-order valence-corrected chi connectivity index (χ1v) is 6.18. The average Bonchev–Trinajstić information content (AvgIpc) is 3.07. The zero-order valence-electron chi connectivity index (χ0n) is 9.50. The van der Waals surface area contributed by atoms with Gasteiger partial charge in [-0.05, 0) is 24.3 Å². The lowest BCUT2D eigenvalue weighted by molar-refractivity contribution is 0.433. The smallest absolute Gasteiger partial charge is 0.268 e. The highest BCUT2D eigenvalue weighted by Crippen LogP contribution is 2.28. The summed E-state index contributed by atoms with van der Waals surface area (Å²) < 4.78 is 18.2. The largest absolute Gasteiger partial charge is 0.333 e. The number of thiophene rings is 1. The quantitative estimate of drug-likeness (QED) is 0.715. The molecule has 0 aliphatic heterocycles. The number of nitrogens with zero attached hydrogens (tertiary/aromatic N) is 3. The van der Waals surface area contributed by atoms with Crippen molar-refractivity contribution < 1.29 is 8.91 Å². The van der Waals surface area contributed by atoms with Crippen molar-refractivity contribution in [3.63, 3.8) is 0 Å². The van der Waals surface area contributed by atoms with Crippen LogP contribution in [-0.2, 0) is 0 Å². The van der Waals surface area contributed by atoms with E-state index in [-0.39, 0.29) is 5.82 Å². The second-order valence-electron chi connectivity index (χ2n) is 3.71. The standard InChI is InChI=1S/C13H6FN3OS/c14-9-3-1-2-8(6-9)12-16-13(18-17-12)11-5-4-10(7-15)19-11/h1-6H. The van der Waals surface area contributed by atoms with Gasteiger partial charge in [0.05, 0.1) is 4.88 Å². The fourth-order valence-corrected chi connectivity index (χ4v) is 2.31. The van der Waals surface area contributed by atoms with Crippen LogP contribution in [0, 0.1) is 17.1 Å². The molecule has 0 radical (unpaired) electrons. The molecule has 1 aromatic carbocycles. The third-order valence-electron chi connectivity index (χ3n) is 2.44. The maximum absolute atomic E-state index is 13.1. The average molecular weight is 271 g/mol. The van der Waals surface area contributed by atoms with Crippen LogP contribution < -0.4 is 0 Å². The van der Waals surface area contributed by atoms with Crippen molar-refractivity contribution in [2.45, 2.75) is 0 Å². The van der Waals surface area contributed by atoms with Gasteiger partial charge in [0.25, 0.3) is 5.89 Å². The predicted octanol–water partition coefficient (Wildman–Crippen LogP) is 3.48. The minimum absolute atomic E-state index is 0.321. The predicted molar refractivity (Wildman–Crippen MR) is 67.7 cm³/mol. The van der Waals surface area contributed by atoms with E-state index in [0.717, 1.165) is 0 Å². The molecular weight excluding hydrogens is 265 g/mol. The van der Waals surface area contributed by atoms with E-state index in [9.17, 15) is 4.39 Å². The minimum atomic E-state index is -0.355. The summed E-state index contributed by atoms with van der Waals surface area (Å²) in [6.07, 6.45) is 0. The number of hydrogen-bond donors (Lipinski definition) is 0. The summed E-state index contributed by atoms with van der Waals surface area (Å²) >= 11 is 1.27. The van der Waals surface area contributed by atoms with Crippen LogP contribution in [0.15, 0.2) is 40.9 Å². The summed E-state index contributed by atoms with van der Waals surface area (Å²) in [5.74, 6) is 0.291. The number of benzene rings is 1. The Kier molecular flexibility index (Phi) is 2.82. The molecule has 2 heterocycles. The van der Waals surface area contributed by atoms with Gasteiger partial charge >= 0.3 is 0 Å². The van der Waals surface area contributed by atoms with Crippen molar-refractivity contribution in [3.05, 3.63) is 47.1 Å². The van der Waals surface area contributed by atoms with Crippen LogP contribution in [0.25, 0.3) is 22.2 Å². The molecule has 0 N–H and O–H groups in total. The second kappa shape index (κ2) is 4.63. The molecule has 0 amide bonds. The zero-order valence-corrected chi connectivity index (χ0v) is 10.3. The molecule has 92 valence electrons. The Morgan fingerprint density at radius 3 is 2.89 bits per heavy atom. The van der Waals surface area contributed by atoms with Crippen molar-refractivity contribution in [2.24, 2.45) is 0 Å². The fraction of sp³-hybridized carbons (Fsp3) is 0. The van der Waals surface area contributed by atoms with Crippen molar-refractivity contribution in [1.29, 1.82) is 5.26 Å². The third-order valence-corrected chi connectivity index (χ3v) is 3.41. The number of rotatable bonds is 2. The van der Waals surface area contributed by atoms with Gasteiger partial charge in [-0.2, -0.15) is 10.2 Å². The molecule has 0 saturated heterocycles. The Morgan fingerprint density at radius 2 is 2.16 bits per heavy atom. The molecule has 4 nitrogen and oxygen atoms in total. The molecule has 0 aliphatic carbocycles. The van der Waals surface area contributed by atoms with Gasteiger partial charge in [0.15, 0.2) is 0 Å². The second-order valence-corrected chi connectivity index (χ2v) is 4.79. The molecule has 0 spiro atoms. The van der Waals surface area contributed by atoms with Crippen LogP contribution in [0.3, 0.4) is 0 Å². The zero-order chi connectivity index (χ0) is 13.2. The highest BCUT2D eigenvalue weighted by Gasteiger charge is 2.13. The van der Waals surface area contributed by atoms with E-state index in [1.807, 2.05) is 6.07 Å². The summed E-state index contributed by atoms with van der Waals surface area (Å²) in [5, 5.41) is 12.6. The van der Waals surface area contributed by atoms with E-state index in [2.05, 4.69) is 10.1 Å². The Bertz CT molecular complexity index is 772. The first kappa shape index (κ1) is 11.6. The van der Waals surface area contributed by atoms with Gasteiger partial charge in [0.1, 0.15) is 16.8 Å². The first-order valence-electron chi connectivity index (χ1n) is 5.36. The lowest BCUT2D eigenvalue weighted by atomic mass is 10.2. The molecule has 3 aromatic rings. The summed E-state index contributed by atoms with van der Waals surface area (Å²) in [6.45, 7) is 0. The minimum Gasteiger partial charge on any atom is -0.333 e. The van der Waals surface area contributed by atoms with Crippen LogP contribution in [-0.4, -0.2) is 10.1 Å². The van der Waals surface area contributed by atoms with Crippen molar-refractivity contribution in [2.75, 3.05) is 0 Å². The van der Waals surface area contributed by atoms with Gasteiger partial charge in [-0.25, -0.2) is 4.39 Å². The molecule has 3 rings (SSSR count). The fourth-order valence-electron chi connectivity index (χ4n) is 1.58. The molecular formula is C13H6FN3OS. The van der Waals surface area contributed by atoms with E-state index in [1.165, 1.54) is 23.5 Å². The summed E-state index contributed by atoms with van der Waals surface area (Å²) in [5.41, 5.74) is 0.548. The van der Waals surface area contributed by atoms with Gasteiger partial charge < -0.3 is 4.52 Å². The number of nitriles is 1. The number of aromatic nitrogens is 2. The Hall–Kier alpha value is -2.52. The Labute approximate surface area is 111 Å². The molecule has 0 atom stereocenters. The molecule has 0 bridgehead atoms. The van der Waals surface area contributed by atoms with Gasteiger partial charge in [-0.3, -0.25) is 0 Å². The van der Waals surface area contributed by atoms with Crippen molar-refractivity contribution in [3.8, 4) is 28.2 Å². The van der Waals surface area contributed by atoms with E-state index in [0.29, 0.717) is 27.0 Å². The maximum Gasteiger partial charge on any atom is 0.268 e. The Balaban J connectivity index is 1.97.